The number of fused-ring (bicyclic) bond motifs is 4. The number of aliphatic hydroxyl groups is 1. The van der Waals surface area contributed by atoms with Crippen molar-refractivity contribution in [2.75, 3.05) is 27.2 Å². The number of carbonyl (C=O) groups is 1. The third-order valence-corrected chi connectivity index (χ3v) is 13.2. The largest absolute Gasteiger partial charge is 0.471 e. The van der Waals surface area contributed by atoms with E-state index in [-0.39, 0.29) is 12.9 Å². The fourth-order valence-corrected chi connectivity index (χ4v) is 11.3. The van der Waals surface area contributed by atoms with Crippen LogP contribution in [0.25, 0.3) is 0 Å². The molecule has 6 rings (SSSR count). The van der Waals surface area contributed by atoms with Crippen LogP contribution in [0, 0.1) is 45.3 Å². The van der Waals surface area contributed by atoms with Gasteiger partial charge in [-0.2, -0.15) is 0 Å². The van der Waals surface area contributed by atoms with Crippen LogP contribution in [-0.4, -0.2) is 62.0 Å². The molecule has 5 aliphatic carbocycles. The fraction of sp³-hybridized carbons (Fsp3) is 0.969. The van der Waals surface area contributed by atoms with Crippen LogP contribution in [0.3, 0.4) is 0 Å². The maximum Gasteiger partial charge on any atom is 0.292 e. The van der Waals surface area contributed by atoms with Gasteiger partial charge in [-0.05, 0) is 130 Å². The first kappa shape index (κ1) is 27.9. The lowest BCUT2D eigenvalue weighted by molar-refractivity contribution is -0.135. The molecule has 1 saturated heterocycles. The van der Waals surface area contributed by atoms with Gasteiger partial charge in [-0.1, -0.05) is 34.1 Å². The summed E-state index contributed by atoms with van der Waals surface area (Å²) in [5.74, 6) is 3.36. The van der Waals surface area contributed by atoms with Gasteiger partial charge in [0, 0.05) is 7.97 Å². The van der Waals surface area contributed by atoms with Gasteiger partial charge < -0.3 is 19.5 Å². The van der Waals surface area contributed by atoms with Crippen molar-refractivity contribution in [2.24, 2.45) is 45.3 Å². The van der Waals surface area contributed by atoms with Crippen molar-refractivity contribution in [2.45, 2.75) is 123 Å². The first-order chi connectivity index (χ1) is 17.6. The second-order valence-corrected chi connectivity index (χ2v) is 14.9. The van der Waals surface area contributed by atoms with E-state index in [1.165, 1.54) is 84.3 Å². The summed E-state index contributed by atoms with van der Waals surface area (Å²) < 4.78 is 10.8. The molecule has 1 heterocycles. The molecule has 10 atom stereocenters. The lowest BCUT2D eigenvalue weighted by Gasteiger charge is -2.59. The molecule has 0 aromatic rings. The third-order valence-electron chi connectivity index (χ3n) is 13.2. The van der Waals surface area contributed by atoms with Gasteiger partial charge in [-0.25, -0.2) is 0 Å². The number of likely N-dealkylation sites (N-methyl/N-ethyl adjacent to an activating group) is 1. The molecule has 2 spiro atoms. The van der Waals surface area contributed by atoms with Crippen LogP contribution in [0.15, 0.2) is 0 Å². The van der Waals surface area contributed by atoms with Gasteiger partial charge in [0.2, 0.25) is 0 Å². The number of carbonyl (C=O) groups excluding carboxylic acids is 1. The van der Waals surface area contributed by atoms with Crippen LogP contribution in [0.1, 0.15) is 106 Å². The highest BCUT2D eigenvalue weighted by atomic mass is 16.5. The third kappa shape index (κ3) is 4.24. The van der Waals surface area contributed by atoms with E-state index in [1.54, 1.807) is 0 Å². The van der Waals surface area contributed by atoms with E-state index < -0.39 is 0 Å². The molecule has 0 aromatic carbocycles. The molecule has 5 nitrogen and oxygen atoms in total. The Kier molecular flexibility index (Phi) is 7.60. The van der Waals surface area contributed by atoms with E-state index in [9.17, 15) is 5.11 Å². The average Bonchev–Trinajstić information content (AvgIpc) is 3.46. The van der Waals surface area contributed by atoms with E-state index in [0.29, 0.717) is 34.9 Å². The second-order valence-electron chi connectivity index (χ2n) is 14.9. The summed E-state index contributed by atoms with van der Waals surface area (Å²) in [6.07, 6.45) is 17.0. The zero-order chi connectivity index (χ0) is 26.6. The number of unbranched alkanes of at least 4 members (excludes halogenated alkanes) is 1. The Morgan fingerprint density at radius 1 is 1.03 bits per heavy atom. The summed E-state index contributed by atoms with van der Waals surface area (Å²) in [7, 11) is 3.60. The van der Waals surface area contributed by atoms with Crippen LogP contribution in [0.5, 0.6) is 0 Å². The Hall–Kier alpha value is -0.650. The summed E-state index contributed by atoms with van der Waals surface area (Å²) in [4.78, 5) is 11.5. The molecule has 37 heavy (non-hydrogen) atoms. The number of hydrogen-bond acceptors (Lipinski definition) is 5. The molecule has 1 N–H and O–H groups in total. The maximum absolute atomic E-state index is 10.8. The molecule has 214 valence electrons. The molecular weight excluding hydrogens is 462 g/mol. The highest BCUT2D eigenvalue weighted by Crippen LogP contribution is 2.87. The van der Waals surface area contributed by atoms with Crippen molar-refractivity contribution < 1.29 is 20.8 Å². The predicted octanol–water partition coefficient (Wildman–Crippen LogP) is 6.32. The van der Waals surface area contributed by atoms with E-state index >= 15 is 0 Å². The summed E-state index contributed by atoms with van der Waals surface area (Å²) in [5, 5.41) is 10.8. The molecule has 6 fully saturated rings. The summed E-state index contributed by atoms with van der Waals surface area (Å²) in [6, 6.07) is 0. The lowest BCUT2D eigenvalue weighted by atomic mass is 9.46. The van der Waals surface area contributed by atoms with E-state index in [4.69, 9.17) is 9.53 Å². The lowest BCUT2D eigenvalue weighted by Crippen LogP contribution is -2.54. The van der Waals surface area contributed by atoms with Crippen molar-refractivity contribution >= 4 is 6.47 Å². The Morgan fingerprint density at radius 3 is 2.46 bits per heavy atom. The molecule has 6 aliphatic rings. The first-order valence-electron chi connectivity index (χ1n) is 15.6. The van der Waals surface area contributed by atoms with Gasteiger partial charge in [0.1, 0.15) is 0 Å². The van der Waals surface area contributed by atoms with Crippen molar-refractivity contribution in [3.63, 3.8) is 0 Å². The van der Waals surface area contributed by atoms with Crippen LogP contribution in [0.4, 0.5) is 0 Å². The van der Waals surface area contributed by atoms with Crippen LogP contribution < -0.4 is 0 Å². The number of aliphatic hydroxyl groups excluding tert-OH is 1. The Labute approximate surface area is 227 Å². The van der Waals surface area contributed by atoms with E-state index in [0.717, 1.165) is 36.6 Å². The van der Waals surface area contributed by atoms with Gasteiger partial charge in [0.25, 0.3) is 6.47 Å². The summed E-state index contributed by atoms with van der Waals surface area (Å²) in [6.45, 7) is 12.5. The maximum atomic E-state index is 10.8. The molecule has 0 radical (unpaired) electrons. The molecule has 0 amide bonds. The van der Waals surface area contributed by atoms with Gasteiger partial charge in [-0.15, -0.1) is 0 Å². The van der Waals surface area contributed by atoms with Gasteiger partial charge in [0.05, 0.1) is 25.4 Å². The summed E-state index contributed by atoms with van der Waals surface area (Å²) >= 11 is 0. The normalized spacial score (nSPS) is 48.8. The minimum Gasteiger partial charge on any atom is -0.471 e. The van der Waals surface area contributed by atoms with Crippen LogP contribution >= 0.6 is 0 Å². The van der Waals surface area contributed by atoms with Crippen LogP contribution in [-0.2, 0) is 14.3 Å². The highest BCUT2D eigenvalue weighted by molar-refractivity contribution is 5.36. The topological polar surface area (TPSA) is 59.0 Å². The zero-order valence-corrected chi connectivity index (χ0v) is 24.6. The van der Waals surface area contributed by atoms with Crippen molar-refractivity contribution in [3.8, 4) is 0 Å². The zero-order valence-electron chi connectivity index (χ0n) is 24.6. The quantitative estimate of drug-likeness (QED) is 0.416. The van der Waals surface area contributed by atoms with Gasteiger partial charge in [0.15, 0.2) is 0 Å². The number of rotatable bonds is 6. The second kappa shape index (κ2) is 10.1. The van der Waals surface area contributed by atoms with E-state index in [1.807, 2.05) is 0 Å². The number of hydrogen-bond donors (Lipinski definition) is 1. The van der Waals surface area contributed by atoms with Gasteiger partial charge in [-0.3, -0.25) is 4.79 Å². The molecule has 5 saturated carbocycles. The molecule has 0 bridgehead atoms. The number of nitrogens with zero attached hydrogens (tertiary/aromatic N) is 1. The van der Waals surface area contributed by atoms with Crippen molar-refractivity contribution in [1.29, 1.82) is 0 Å². The van der Waals surface area contributed by atoms with Crippen molar-refractivity contribution in [3.05, 3.63) is 0 Å². The predicted molar refractivity (Wildman–Crippen MR) is 149 cm³/mol. The molecule has 7 unspecified atom stereocenters. The Morgan fingerprint density at radius 2 is 1.76 bits per heavy atom. The average molecular weight is 520 g/mol. The number of methoxy groups -OCH3 is 1. The van der Waals surface area contributed by atoms with E-state index in [2.05, 4.69) is 44.4 Å². The number of ether oxygens (including phenoxy) is 2. The summed E-state index contributed by atoms with van der Waals surface area (Å²) in [5.41, 5.74) is 1.81. The minimum absolute atomic E-state index is 0. The Bertz CT molecular complexity index is 838. The van der Waals surface area contributed by atoms with Crippen molar-refractivity contribution in [1.82, 2.24) is 4.90 Å². The molecule has 5 heteroatoms. The van der Waals surface area contributed by atoms with Gasteiger partial charge >= 0.3 is 0 Å². The molecule has 0 aromatic heterocycles. The monoisotopic (exact) mass is 519 g/mol. The highest BCUT2D eigenvalue weighted by Gasteiger charge is 2.80. The van der Waals surface area contributed by atoms with Crippen LogP contribution in [0.2, 0.25) is 0 Å². The Balaban J connectivity index is 0.000000630. The minimum atomic E-state index is -0.0914. The fourth-order valence-electron chi connectivity index (χ4n) is 11.3. The smallest absolute Gasteiger partial charge is 0.292 e. The first-order valence-corrected chi connectivity index (χ1v) is 15.6. The molecule has 1 aliphatic heterocycles. The SMILES string of the molecule is CCCCN(C)CC1CCC2C(CC3C4CCC5C(C)(C)[C@@H](O)CCC56C[C@@]46CC[C@]23C)O1.COC=O.[HH]. The standard InChI is InChI=1S/C30H51NO2.C2H4O2.H2/c1-6-7-16-31(5)18-20-8-9-22-24(33-20)17-23-21-10-11-25-27(2,3)26(32)12-13-30(25)19-29(21,30)15-14-28(22,23)4;1-4-2-3;/h20-26,32H,6-19H2,1-5H3;2H,1H3;1H/t20?,21?,22?,23?,24?,25?,26-,28+,29-,30?;;/m0../s1. The molecular formula is C32H57NO4.